The van der Waals surface area contributed by atoms with Crippen LogP contribution in [0.1, 0.15) is 5.56 Å². The van der Waals surface area contributed by atoms with Crippen LogP contribution in [-0.2, 0) is 6.54 Å². The lowest BCUT2D eigenvalue weighted by Gasteiger charge is -2.21. The van der Waals surface area contributed by atoms with Gasteiger partial charge in [0.2, 0.25) is 0 Å². The maximum atomic E-state index is 14.2. The maximum absolute atomic E-state index is 14.2. The minimum atomic E-state index is -0.551. The van der Waals surface area contributed by atoms with Gasteiger partial charge in [-0.1, -0.05) is 54.1 Å². The average Bonchev–Trinajstić information content (AvgIpc) is 2.90. The normalized spacial score (nSPS) is 11.3. The number of benzene rings is 3. The number of para-hydroxylation sites is 2. The summed E-state index contributed by atoms with van der Waals surface area (Å²) in [7, 11) is 3.82. The van der Waals surface area contributed by atoms with E-state index >= 15 is 0 Å². The third-order valence-electron chi connectivity index (χ3n) is 6.42. The van der Waals surface area contributed by atoms with E-state index in [9.17, 15) is 14.4 Å². The third kappa shape index (κ3) is 4.69. The molecule has 8 heteroatoms. The van der Waals surface area contributed by atoms with Gasteiger partial charge in [0.1, 0.15) is 11.0 Å². The Hall–Kier alpha value is -4.69. The molecule has 1 N–H and O–H groups in total. The topological polar surface area (TPSA) is 81.3 Å². The zero-order valence-electron chi connectivity index (χ0n) is 21.6. The highest BCUT2D eigenvalue weighted by atomic mass is 16.2. The van der Waals surface area contributed by atoms with Gasteiger partial charge in [-0.3, -0.25) is 14.2 Å². The van der Waals surface area contributed by atoms with Crippen molar-refractivity contribution in [3.05, 3.63) is 128 Å². The molecule has 0 saturated carbocycles. The zero-order valence-corrected chi connectivity index (χ0v) is 21.6. The largest absolute Gasteiger partial charge is 0.355 e. The number of pyridine rings is 1. The van der Waals surface area contributed by atoms with Crippen molar-refractivity contribution in [3.8, 4) is 11.4 Å². The van der Waals surface area contributed by atoms with Crippen LogP contribution in [0.5, 0.6) is 0 Å². The summed E-state index contributed by atoms with van der Waals surface area (Å²) in [5.41, 5.74) is 2.04. The molecule has 0 unspecified atom stereocenters. The summed E-state index contributed by atoms with van der Waals surface area (Å²) in [5.74, 6) is 0. The first-order valence-corrected chi connectivity index (χ1v) is 12.4. The third-order valence-corrected chi connectivity index (χ3v) is 6.42. The van der Waals surface area contributed by atoms with Crippen molar-refractivity contribution >= 4 is 22.4 Å². The number of hydrogen-bond acceptors (Lipinski definition) is 5. The lowest BCUT2D eigenvalue weighted by molar-refractivity contribution is 0.383. The number of fused-ring (bicyclic) bond motifs is 1. The molecule has 0 aliphatic rings. The van der Waals surface area contributed by atoms with E-state index in [-0.39, 0.29) is 16.6 Å². The molecule has 0 aliphatic heterocycles. The molecule has 0 aliphatic carbocycles. The van der Waals surface area contributed by atoms with Crippen molar-refractivity contribution in [1.29, 1.82) is 0 Å². The van der Waals surface area contributed by atoms with Crippen molar-refractivity contribution in [3.63, 3.8) is 0 Å². The van der Waals surface area contributed by atoms with E-state index in [1.165, 1.54) is 15.2 Å². The number of nitrogens with one attached hydrogen (secondary N) is 1. The molecule has 5 rings (SSSR count). The Bertz CT molecular complexity index is 1770. The van der Waals surface area contributed by atoms with Gasteiger partial charge in [0.25, 0.3) is 11.1 Å². The van der Waals surface area contributed by atoms with E-state index in [4.69, 9.17) is 0 Å². The van der Waals surface area contributed by atoms with Crippen molar-refractivity contribution < 1.29 is 0 Å². The summed E-state index contributed by atoms with van der Waals surface area (Å²) in [6.45, 7) is 2.83. The fourth-order valence-corrected chi connectivity index (χ4v) is 4.49. The molecular weight excluding hydrogens is 478 g/mol. The van der Waals surface area contributed by atoms with E-state index in [1.54, 1.807) is 36.4 Å². The Balaban J connectivity index is 1.95. The Morgan fingerprint density at radius 3 is 1.92 bits per heavy atom. The number of nitrogens with zero attached hydrogens (tertiary/aromatic N) is 4. The maximum Gasteiger partial charge on any atom is 0.341 e. The predicted molar refractivity (Wildman–Crippen MR) is 152 cm³/mol. The molecule has 2 heterocycles. The highest BCUT2D eigenvalue weighted by molar-refractivity contribution is 5.91. The number of hydrogen-bond donors (Lipinski definition) is 1. The van der Waals surface area contributed by atoms with E-state index in [0.29, 0.717) is 30.2 Å². The molecule has 0 saturated heterocycles. The minimum Gasteiger partial charge on any atom is -0.355 e. The molecule has 3 aromatic carbocycles. The Kier molecular flexibility index (Phi) is 6.81. The number of anilines is 2. The van der Waals surface area contributed by atoms with Gasteiger partial charge in [-0.2, -0.15) is 0 Å². The van der Waals surface area contributed by atoms with Crippen LogP contribution < -0.4 is 22.1 Å². The highest BCUT2D eigenvalue weighted by Gasteiger charge is 2.22. The number of likely N-dealkylation sites (N-methyl/N-ethyl adjacent to an activating group) is 1. The van der Waals surface area contributed by atoms with Gasteiger partial charge in [0.15, 0.2) is 0 Å². The molecule has 0 spiro atoms. The summed E-state index contributed by atoms with van der Waals surface area (Å²) < 4.78 is 4.14. The van der Waals surface area contributed by atoms with Crippen LogP contribution in [-0.4, -0.2) is 39.2 Å². The van der Waals surface area contributed by atoms with E-state index < -0.39 is 11.2 Å². The second-order valence-electron chi connectivity index (χ2n) is 9.47. The molecule has 2 aromatic heterocycles. The Morgan fingerprint density at radius 2 is 1.34 bits per heavy atom. The first-order chi connectivity index (χ1) is 18.3. The van der Waals surface area contributed by atoms with Crippen LogP contribution in [0, 0.1) is 6.92 Å². The first kappa shape index (κ1) is 25.0. The second kappa shape index (κ2) is 10.4. The fraction of sp³-hybridized carbons (Fsp3) is 0.167. The summed E-state index contributed by atoms with van der Waals surface area (Å²) in [6, 6.07) is 27.0. The van der Waals surface area contributed by atoms with Crippen molar-refractivity contribution in [1.82, 2.24) is 18.6 Å². The smallest absolute Gasteiger partial charge is 0.341 e. The molecular formula is C30H29N5O3. The predicted octanol–water partition coefficient (Wildman–Crippen LogP) is 3.92. The molecule has 0 atom stereocenters. The van der Waals surface area contributed by atoms with Gasteiger partial charge in [-0.05, 0) is 57.4 Å². The summed E-state index contributed by atoms with van der Waals surface area (Å²) in [5, 5.41) is 3.52. The van der Waals surface area contributed by atoms with Gasteiger partial charge in [0.05, 0.1) is 17.1 Å². The Morgan fingerprint density at radius 1 is 0.763 bits per heavy atom. The number of rotatable bonds is 7. The molecule has 8 nitrogen and oxygen atoms in total. The molecule has 0 fully saturated rings. The van der Waals surface area contributed by atoms with Gasteiger partial charge >= 0.3 is 5.69 Å². The summed E-state index contributed by atoms with van der Waals surface area (Å²) in [4.78, 5) is 43.8. The highest BCUT2D eigenvalue weighted by Crippen LogP contribution is 2.24. The fourth-order valence-electron chi connectivity index (χ4n) is 4.49. The van der Waals surface area contributed by atoms with Gasteiger partial charge in [-0.15, -0.1) is 0 Å². The van der Waals surface area contributed by atoms with Gasteiger partial charge in [-0.25, -0.2) is 13.9 Å². The average molecular weight is 508 g/mol. The van der Waals surface area contributed by atoms with Crippen molar-refractivity contribution in [2.24, 2.45) is 0 Å². The lowest BCUT2D eigenvalue weighted by atomic mass is 10.2. The summed E-state index contributed by atoms with van der Waals surface area (Å²) >= 11 is 0. The molecule has 0 bridgehead atoms. The van der Waals surface area contributed by atoms with Crippen molar-refractivity contribution in [2.75, 3.05) is 26.0 Å². The molecule has 5 aromatic rings. The second-order valence-corrected chi connectivity index (χ2v) is 9.47. The number of aromatic nitrogens is 3. The SMILES string of the molecule is Cc1ccc(Nc2cc(=O)n(CCN(C)C)c3c2c(=O)n(-c2ccccc2)c(=O)n3-c2ccccc2)cc1. The standard InChI is InChI=1S/C30H29N5O3/c1-21-14-16-22(17-15-21)31-25-20-26(36)33(19-18-32(2)3)28-27(25)29(37)35(24-12-8-5-9-13-24)30(38)34(28)23-10-6-4-7-11-23/h4-17,20,31H,18-19H2,1-3H3. The monoisotopic (exact) mass is 507 g/mol. The first-order valence-electron chi connectivity index (χ1n) is 12.4. The van der Waals surface area contributed by atoms with Crippen LogP contribution in [0.4, 0.5) is 11.4 Å². The minimum absolute atomic E-state index is 0.247. The van der Waals surface area contributed by atoms with Crippen LogP contribution in [0.3, 0.4) is 0 Å². The zero-order chi connectivity index (χ0) is 26.8. The Labute approximate surface area is 219 Å². The van der Waals surface area contributed by atoms with Crippen LogP contribution in [0.25, 0.3) is 22.4 Å². The van der Waals surface area contributed by atoms with Gasteiger partial charge < -0.3 is 10.2 Å². The quantitative estimate of drug-likeness (QED) is 0.361. The summed E-state index contributed by atoms with van der Waals surface area (Å²) in [6.07, 6.45) is 0. The van der Waals surface area contributed by atoms with Crippen LogP contribution in [0.2, 0.25) is 0 Å². The molecule has 0 amide bonds. The molecule has 192 valence electrons. The van der Waals surface area contributed by atoms with E-state index in [0.717, 1.165) is 15.8 Å². The molecule has 38 heavy (non-hydrogen) atoms. The van der Waals surface area contributed by atoms with E-state index in [2.05, 4.69) is 5.32 Å². The number of aryl methyl sites for hydroxylation is 1. The van der Waals surface area contributed by atoms with Gasteiger partial charge in [0, 0.05) is 24.8 Å². The van der Waals surface area contributed by atoms with Crippen LogP contribution in [0.15, 0.2) is 105 Å². The van der Waals surface area contributed by atoms with Crippen LogP contribution >= 0.6 is 0 Å². The lowest BCUT2D eigenvalue weighted by Crippen LogP contribution is -2.41. The molecule has 0 radical (unpaired) electrons. The van der Waals surface area contributed by atoms with E-state index in [1.807, 2.05) is 74.4 Å². The van der Waals surface area contributed by atoms with Crippen molar-refractivity contribution in [2.45, 2.75) is 13.5 Å².